The Morgan fingerprint density at radius 1 is 1.45 bits per heavy atom. The number of nitrogens with zero attached hydrogens (tertiary/aromatic N) is 4. The Hall–Kier alpha value is -1.43. The highest BCUT2D eigenvalue weighted by Crippen LogP contribution is 2.26. The predicted octanol–water partition coefficient (Wildman–Crippen LogP) is 1.85. The van der Waals surface area contributed by atoms with Crippen LogP contribution in [0.5, 0.6) is 0 Å². The summed E-state index contributed by atoms with van der Waals surface area (Å²) in [5, 5.41) is 4.90. The molecule has 5 nitrogen and oxygen atoms in total. The quantitative estimate of drug-likeness (QED) is 0.914. The lowest BCUT2D eigenvalue weighted by Gasteiger charge is -2.17. The maximum absolute atomic E-state index is 6.35. The first-order valence-electron chi connectivity index (χ1n) is 6.53. The molecule has 20 heavy (non-hydrogen) atoms. The minimum absolute atomic E-state index is 0.367. The normalized spacial score (nSPS) is 12.9. The van der Waals surface area contributed by atoms with Gasteiger partial charge in [0.25, 0.3) is 0 Å². The summed E-state index contributed by atoms with van der Waals surface area (Å²) < 4.78 is 1.86. The number of rotatable bonds is 5. The fraction of sp³-hybridized carbons (Fsp3) is 0.429. The molecular formula is C14H20ClN5. The van der Waals surface area contributed by atoms with Crippen LogP contribution in [0.25, 0.3) is 0 Å². The highest BCUT2D eigenvalue weighted by atomic mass is 35.5. The Bertz CT molecular complexity index is 579. The first-order valence-corrected chi connectivity index (χ1v) is 6.91. The van der Waals surface area contributed by atoms with Crippen molar-refractivity contribution in [2.75, 3.05) is 20.6 Å². The van der Waals surface area contributed by atoms with E-state index >= 15 is 0 Å². The third-order valence-corrected chi connectivity index (χ3v) is 3.52. The number of hydrogen-bond acceptors (Lipinski definition) is 4. The van der Waals surface area contributed by atoms with Crippen LogP contribution in [0.4, 0.5) is 0 Å². The molecule has 0 amide bonds. The van der Waals surface area contributed by atoms with Crippen molar-refractivity contribution < 1.29 is 0 Å². The van der Waals surface area contributed by atoms with E-state index in [-0.39, 0.29) is 6.04 Å². The Labute approximate surface area is 124 Å². The summed E-state index contributed by atoms with van der Waals surface area (Å²) >= 11 is 6.25. The van der Waals surface area contributed by atoms with Gasteiger partial charge >= 0.3 is 0 Å². The van der Waals surface area contributed by atoms with E-state index in [2.05, 4.69) is 15.0 Å². The van der Waals surface area contributed by atoms with Gasteiger partial charge in [0.05, 0.1) is 35.2 Å². The highest BCUT2D eigenvalue weighted by Gasteiger charge is 2.21. The average molecular weight is 294 g/mol. The van der Waals surface area contributed by atoms with Gasteiger partial charge in [0.15, 0.2) is 0 Å². The number of aromatic nitrogens is 3. The van der Waals surface area contributed by atoms with E-state index in [4.69, 9.17) is 17.3 Å². The largest absolute Gasteiger partial charge is 0.318 e. The van der Waals surface area contributed by atoms with E-state index in [1.165, 1.54) is 0 Å². The fourth-order valence-electron chi connectivity index (χ4n) is 2.11. The average Bonchev–Trinajstić information content (AvgIpc) is 2.77. The van der Waals surface area contributed by atoms with Crippen LogP contribution < -0.4 is 5.73 Å². The molecule has 0 radical (unpaired) electrons. The topological polar surface area (TPSA) is 60.0 Å². The van der Waals surface area contributed by atoms with Gasteiger partial charge in [-0.1, -0.05) is 17.7 Å². The van der Waals surface area contributed by atoms with Crippen LogP contribution in [-0.2, 0) is 6.54 Å². The van der Waals surface area contributed by atoms with Gasteiger partial charge < -0.3 is 10.6 Å². The lowest BCUT2D eigenvalue weighted by Crippen LogP contribution is -2.24. The molecule has 6 heteroatoms. The lowest BCUT2D eigenvalue weighted by molar-refractivity contribution is 0.368. The summed E-state index contributed by atoms with van der Waals surface area (Å²) in [7, 11) is 4.04. The number of hydrogen-bond donors (Lipinski definition) is 1. The minimum atomic E-state index is -0.367. The van der Waals surface area contributed by atoms with Crippen molar-refractivity contribution in [3.05, 3.63) is 46.5 Å². The van der Waals surface area contributed by atoms with Gasteiger partial charge in [-0.2, -0.15) is 5.10 Å². The molecule has 108 valence electrons. The van der Waals surface area contributed by atoms with Gasteiger partial charge in [-0.15, -0.1) is 0 Å². The molecule has 1 atom stereocenters. The zero-order valence-electron chi connectivity index (χ0n) is 12.0. The molecule has 0 aliphatic carbocycles. The van der Waals surface area contributed by atoms with E-state index in [1.807, 2.05) is 37.8 Å². The molecule has 0 bridgehead atoms. The SMILES string of the molecule is Cc1cccnc1C(N)c1c(Cl)cnn1CCN(C)C. The van der Waals surface area contributed by atoms with Gasteiger partial charge in [-0.3, -0.25) is 9.67 Å². The van der Waals surface area contributed by atoms with E-state index in [0.717, 1.165) is 30.0 Å². The molecule has 1 unspecified atom stereocenters. The molecule has 0 spiro atoms. The van der Waals surface area contributed by atoms with Crippen molar-refractivity contribution in [3.63, 3.8) is 0 Å². The number of likely N-dealkylation sites (N-methyl/N-ethyl adjacent to an activating group) is 1. The summed E-state index contributed by atoms with van der Waals surface area (Å²) in [6.07, 6.45) is 3.39. The van der Waals surface area contributed by atoms with Crippen LogP contribution in [0.15, 0.2) is 24.5 Å². The molecule has 0 saturated heterocycles. The maximum atomic E-state index is 6.35. The zero-order chi connectivity index (χ0) is 14.7. The maximum Gasteiger partial charge on any atom is 0.0914 e. The van der Waals surface area contributed by atoms with Crippen molar-refractivity contribution in [2.24, 2.45) is 5.73 Å². The Morgan fingerprint density at radius 2 is 2.20 bits per heavy atom. The van der Waals surface area contributed by atoms with E-state index in [1.54, 1.807) is 12.4 Å². The summed E-state index contributed by atoms with van der Waals surface area (Å²) in [4.78, 5) is 6.47. The van der Waals surface area contributed by atoms with Crippen molar-refractivity contribution in [3.8, 4) is 0 Å². The smallest absolute Gasteiger partial charge is 0.0914 e. The molecule has 2 rings (SSSR count). The van der Waals surface area contributed by atoms with Crippen molar-refractivity contribution in [1.29, 1.82) is 0 Å². The van der Waals surface area contributed by atoms with Gasteiger partial charge in [-0.05, 0) is 32.6 Å². The second kappa shape index (κ2) is 6.35. The molecule has 0 aliphatic rings. The molecule has 2 aromatic heterocycles. The number of nitrogens with two attached hydrogens (primary N) is 1. The third kappa shape index (κ3) is 3.17. The fourth-order valence-corrected chi connectivity index (χ4v) is 2.37. The molecule has 2 N–H and O–H groups in total. The summed E-state index contributed by atoms with van der Waals surface area (Å²) in [6.45, 7) is 3.62. The number of pyridine rings is 1. The molecule has 2 aromatic rings. The van der Waals surface area contributed by atoms with Crippen LogP contribution in [0.1, 0.15) is 23.0 Å². The Balaban J connectivity index is 2.32. The van der Waals surface area contributed by atoms with E-state index in [9.17, 15) is 0 Å². The highest BCUT2D eigenvalue weighted by molar-refractivity contribution is 6.31. The second-order valence-corrected chi connectivity index (χ2v) is 5.49. The van der Waals surface area contributed by atoms with Crippen molar-refractivity contribution >= 4 is 11.6 Å². The van der Waals surface area contributed by atoms with E-state index < -0.39 is 0 Å². The van der Waals surface area contributed by atoms with Crippen LogP contribution in [0.3, 0.4) is 0 Å². The standard InChI is InChI=1S/C14H20ClN5/c1-10-5-4-6-17-13(10)12(16)14-11(15)9-18-20(14)8-7-19(2)3/h4-6,9,12H,7-8,16H2,1-3H3. The van der Waals surface area contributed by atoms with Gasteiger partial charge in [0.2, 0.25) is 0 Å². The van der Waals surface area contributed by atoms with Crippen LogP contribution in [-0.4, -0.2) is 40.3 Å². The molecule has 2 heterocycles. The monoisotopic (exact) mass is 293 g/mol. The Morgan fingerprint density at radius 3 is 2.85 bits per heavy atom. The Kier molecular flexibility index (Phi) is 4.75. The molecule has 0 fully saturated rings. The summed E-state index contributed by atoms with van der Waals surface area (Å²) in [5.41, 5.74) is 9.05. The predicted molar refractivity (Wildman–Crippen MR) is 80.8 cm³/mol. The van der Waals surface area contributed by atoms with Crippen LogP contribution >= 0.6 is 11.6 Å². The second-order valence-electron chi connectivity index (χ2n) is 5.09. The van der Waals surface area contributed by atoms with E-state index in [0.29, 0.717) is 5.02 Å². The number of halogens is 1. The lowest BCUT2D eigenvalue weighted by atomic mass is 10.1. The molecule has 0 saturated carbocycles. The summed E-state index contributed by atoms with van der Waals surface area (Å²) in [5.74, 6) is 0. The van der Waals surface area contributed by atoms with Crippen LogP contribution in [0.2, 0.25) is 5.02 Å². The zero-order valence-corrected chi connectivity index (χ0v) is 12.8. The first kappa shape index (κ1) is 15.0. The van der Waals surface area contributed by atoms with Crippen LogP contribution in [0, 0.1) is 6.92 Å². The van der Waals surface area contributed by atoms with Gasteiger partial charge in [0, 0.05) is 12.7 Å². The molecule has 0 aromatic carbocycles. The third-order valence-electron chi connectivity index (χ3n) is 3.23. The molecule has 0 aliphatic heterocycles. The van der Waals surface area contributed by atoms with Gasteiger partial charge in [-0.25, -0.2) is 0 Å². The molecular weight excluding hydrogens is 274 g/mol. The van der Waals surface area contributed by atoms with Crippen molar-refractivity contribution in [2.45, 2.75) is 19.5 Å². The van der Waals surface area contributed by atoms with Crippen molar-refractivity contribution in [1.82, 2.24) is 19.7 Å². The number of aryl methyl sites for hydroxylation is 1. The summed E-state index contributed by atoms with van der Waals surface area (Å²) in [6, 6.07) is 3.53. The first-order chi connectivity index (χ1) is 9.50. The van der Waals surface area contributed by atoms with Gasteiger partial charge in [0.1, 0.15) is 0 Å². The minimum Gasteiger partial charge on any atom is -0.318 e.